The Morgan fingerprint density at radius 1 is 1.14 bits per heavy atom. The normalized spacial score (nSPS) is 11.4. The van der Waals surface area contributed by atoms with E-state index in [1.54, 1.807) is 11.4 Å². The number of hydrogen-bond donors (Lipinski definition) is 2. The van der Waals surface area contributed by atoms with Crippen LogP contribution in [0, 0.1) is 11.3 Å². The summed E-state index contributed by atoms with van der Waals surface area (Å²) in [6, 6.07) is 11.5. The molecule has 0 atom stereocenters. The highest BCUT2D eigenvalue weighted by atomic mass is 35.5. The van der Waals surface area contributed by atoms with Gasteiger partial charge in [0.2, 0.25) is 0 Å². The molecule has 0 saturated heterocycles. The van der Waals surface area contributed by atoms with Gasteiger partial charge < -0.3 is 15.4 Å². The maximum atomic E-state index is 12.4. The third-order valence-electron chi connectivity index (χ3n) is 3.49. The summed E-state index contributed by atoms with van der Waals surface area (Å²) in [5.74, 6) is -2.48. The van der Waals surface area contributed by atoms with E-state index in [1.165, 1.54) is 55.7 Å². The summed E-state index contributed by atoms with van der Waals surface area (Å²) in [6.45, 7) is 0. The fraction of sp³-hybridized carbons (Fsp3) is 0.105. The zero-order valence-electron chi connectivity index (χ0n) is 14.8. The number of nitriles is 1. The number of nitrogens with zero attached hydrogens (tertiary/aromatic N) is 1. The molecule has 0 aliphatic rings. The Balaban J connectivity index is 2.20. The van der Waals surface area contributed by atoms with E-state index in [0.717, 1.165) is 0 Å². The second-order valence-electron chi connectivity index (χ2n) is 5.55. The summed E-state index contributed by atoms with van der Waals surface area (Å²) in [4.78, 5) is 23.3. The molecule has 0 saturated carbocycles. The average molecular weight is 424 g/mol. The van der Waals surface area contributed by atoms with E-state index in [1.807, 2.05) is 0 Å². The number of alkyl halides is 3. The molecule has 2 aromatic carbocycles. The van der Waals surface area contributed by atoms with Crippen LogP contribution in [0.25, 0.3) is 6.08 Å². The minimum atomic E-state index is -5.04. The van der Waals surface area contributed by atoms with Crippen molar-refractivity contribution in [2.45, 2.75) is 6.18 Å². The number of benzene rings is 2. The Bertz CT molecular complexity index is 1010. The molecule has 0 aromatic heterocycles. The fourth-order valence-electron chi connectivity index (χ4n) is 2.17. The van der Waals surface area contributed by atoms with Crippen LogP contribution in [-0.2, 0) is 9.59 Å². The molecule has 10 heteroatoms. The van der Waals surface area contributed by atoms with Gasteiger partial charge in [0.05, 0.1) is 12.1 Å². The Morgan fingerprint density at radius 2 is 1.83 bits per heavy atom. The van der Waals surface area contributed by atoms with Gasteiger partial charge in [0.15, 0.2) is 0 Å². The summed E-state index contributed by atoms with van der Waals surface area (Å²) >= 11 is 5.98. The maximum absolute atomic E-state index is 12.4. The SMILES string of the molecule is COc1ccc(NC(=O)/C(C#N)=C/c2cccc(NC(=O)C(F)(F)F)c2)cc1Cl. The number of methoxy groups -OCH3 is 1. The molecule has 150 valence electrons. The molecule has 0 fully saturated rings. The van der Waals surface area contributed by atoms with Crippen LogP contribution < -0.4 is 15.4 Å². The van der Waals surface area contributed by atoms with Crippen LogP contribution in [0.1, 0.15) is 5.56 Å². The van der Waals surface area contributed by atoms with E-state index in [0.29, 0.717) is 11.4 Å². The molecule has 0 radical (unpaired) electrons. The van der Waals surface area contributed by atoms with Gasteiger partial charge in [0.1, 0.15) is 17.4 Å². The molecular weight excluding hydrogens is 411 g/mol. The van der Waals surface area contributed by atoms with Gasteiger partial charge in [-0.3, -0.25) is 9.59 Å². The molecule has 2 aromatic rings. The van der Waals surface area contributed by atoms with Crippen LogP contribution in [0.5, 0.6) is 5.75 Å². The third kappa shape index (κ3) is 5.99. The van der Waals surface area contributed by atoms with Gasteiger partial charge in [-0.2, -0.15) is 18.4 Å². The number of amides is 2. The number of carbonyl (C=O) groups is 2. The number of hydrogen-bond acceptors (Lipinski definition) is 4. The van der Waals surface area contributed by atoms with Gasteiger partial charge in [0.25, 0.3) is 5.91 Å². The minimum absolute atomic E-state index is 0.138. The Hall–Kier alpha value is -3.51. The predicted octanol–water partition coefficient (Wildman–Crippen LogP) is 4.40. The number of nitrogens with one attached hydrogen (secondary N) is 2. The topological polar surface area (TPSA) is 91.2 Å². The first-order valence-corrected chi connectivity index (χ1v) is 8.26. The van der Waals surface area contributed by atoms with Crippen molar-refractivity contribution in [3.63, 3.8) is 0 Å². The Kier molecular flexibility index (Phi) is 6.85. The zero-order chi connectivity index (χ0) is 21.6. The van der Waals surface area contributed by atoms with Gasteiger partial charge in [0, 0.05) is 11.4 Å². The van der Waals surface area contributed by atoms with Crippen molar-refractivity contribution in [3.05, 3.63) is 58.6 Å². The molecule has 0 bridgehead atoms. The highest BCUT2D eigenvalue weighted by Crippen LogP contribution is 2.27. The molecule has 2 rings (SSSR count). The number of halogens is 4. The van der Waals surface area contributed by atoms with E-state index < -0.39 is 18.0 Å². The van der Waals surface area contributed by atoms with Crippen molar-refractivity contribution < 1.29 is 27.5 Å². The van der Waals surface area contributed by atoms with Crippen LogP contribution in [0.2, 0.25) is 5.02 Å². The van der Waals surface area contributed by atoms with Crippen molar-refractivity contribution in [2.75, 3.05) is 17.7 Å². The predicted molar refractivity (Wildman–Crippen MR) is 101 cm³/mol. The summed E-state index contributed by atoms with van der Waals surface area (Å²) in [5.41, 5.74) is 0.106. The molecule has 2 amide bonds. The standard InChI is InChI=1S/C19H13ClF3N3O3/c1-29-16-6-5-14(9-15(16)20)25-17(27)12(10-24)7-11-3-2-4-13(8-11)26-18(28)19(21,22)23/h2-9H,1H3,(H,25,27)(H,26,28)/b12-7+. The lowest BCUT2D eigenvalue weighted by molar-refractivity contribution is -0.167. The lowest BCUT2D eigenvalue weighted by Gasteiger charge is -2.09. The molecule has 0 unspecified atom stereocenters. The van der Waals surface area contributed by atoms with Gasteiger partial charge in [-0.15, -0.1) is 0 Å². The van der Waals surface area contributed by atoms with Crippen molar-refractivity contribution in [2.24, 2.45) is 0 Å². The number of ether oxygens (including phenoxy) is 1. The highest BCUT2D eigenvalue weighted by Gasteiger charge is 2.38. The quantitative estimate of drug-likeness (QED) is 0.551. The van der Waals surface area contributed by atoms with Crippen LogP contribution in [-0.4, -0.2) is 25.1 Å². The molecular formula is C19H13ClF3N3O3. The van der Waals surface area contributed by atoms with Crippen LogP contribution >= 0.6 is 11.6 Å². The molecule has 29 heavy (non-hydrogen) atoms. The largest absolute Gasteiger partial charge is 0.495 e. The first-order valence-electron chi connectivity index (χ1n) is 7.89. The zero-order valence-corrected chi connectivity index (χ0v) is 15.6. The van der Waals surface area contributed by atoms with E-state index in [9.17, 15) is 28.0 Å². The summed E-state index contributed by atoms with van der Waals surface area (Å²) < 4.78 is 42.1. The van der Waals surface area contributed by atoms with Crippen molar-refractivity contribution >= 4 is 40.9 Å². The maximum Gasteiger partial charge on any atom is 0.471 e. The lowest BCUT2D eigenvalue weighted by atomic mass is 10.1. The average Bonchev–Trinajstić information content (AvgIpc) is 2.65. The fourth-order valence-corrected chi connectivity index (χ4v) is 2.42. The van der Waals surface area contributed by atoms with Crippen LogP contribution in [0.4, 0.5) is 24.5 Å². The van der Waals surface area contributed by atoms with Gasteiger partial charge in [-0.05, 0) is 42.0 Å². The number of rotatable bonds is 5. The van der Waals surface area contributed by atoms with Gasteiger partial charge in [-0.1, -0.05) is 23.7 Å². The van der Waals surface area contributed by atoms with Gasteiger partial charge >= 0.3 is 12.1 Å². The molecule has 0 spiro atoms. The molecule has 6 nitrogen and oxygen atoms in total. The minimum Gasteiger partial charge on any atom is -0.495 e. The first-order chi connectivity index (χ1) is 13.6. The van der Waals surface area contributed by atoms with E-state index in [4.69, 9.17) is 16.3 Å². The molecule has 0 heterocycles. The Labute approximate surface area is 168 Å². The summed E-state index contributed by atoms with van der Waals surface area (Å²) in [7, 11) is 1.43. The third-order valence-corrected chi connectivity index (χ3v) is 3.78. The lowest BCUT2D eigenvalue weighted by Crippen LogP contribution is -2.29. The van der Waals surface area contributed by atoms with Crippen LogP contribution in [0.3, 0.4) is 0 Å². The Morgan fingerprint density at radius 3 is 2.41 bits per heavy atom. The molecule has 0 aliphatic heterocycles. The van der Waals surface area contributed by atoms with Crippen molar-refractivity contribution in [1.29, 1.82) is 5.26 Å². The second-order valence-corrected chi connectivity index (χ2v) is 5.96. The first kappa shape index (κ1) is 21.8. The van der Waals surface area contributed by atoms with E-state index in [2.05, 4.69) is 5.32 Å². The van der Waals surface area contributed by atoms with Crippen molar-refractivity contribution in [1.82, 2.24) is 0 Å². The molecule has 2 N–H and O–H groups in total. The van der Waals surface area contributed by atoms with Crippen LogP contribution in [0.15, 0.2) is 48.0 Å². The number of anilines is 2. The molecule has 0 aliphatic carbocycles. The monoisotopic (exact) mass is 423 g/mol. The van der Waals surface area contributed by atoms with E-state index in [-0.39, 0.29) is 21.8 Å². The second kappa shape index (κ2) is 9.12. The summed E-state index contributed by atoms with van der Waals surface area (Å²) in [5, 5.41) is 13.7. The number of carbonyl (C=O) groups excluding carboxylic acids is 2. The highest BCUT2D eigenvalue weighted by molar-refractivity contribution is 6.32. The van der Waals surface area contributed by atoms with E-state index >= 15 is 0 Å². The summed E-state index contributed by atoms with van der Waals surface area (Å²) in [6.07, 6.45) is -3.87. The van der Waals surface area contributed by atoms with Gasteiger partial charge in [-0.25, -0.2) is 0 Å². The van der Waals surface area contributed by atoms with Crippen molar-refractivity contribution in [3.8, 4) is 11.8 Å². The smallest absolute Gasteiger partial charge is 0.471 e.